The molecule has 0 aromatic heterocycles. The van der Waals surface area contributed by atoms with Crippen molar-refractivity contribution in [2.45, 2.75) is 25.8 Å². The number of ether oxygens (including phenoxy) is 1. The number of amidine groups is 1. The van der Waals surface area contributed by atoms with Gasteiger partial charge in [-0.2, -0.15) is 0 Å². The molecule has 0 aliphatic carbocycles. The molecule has 0 aromatic carbocycles. The van der Waals surface area contributed by atoms with E-state index in [0.29, 0.717) is 0 Å². The molecule has 2 saturated heterocycles. The summed E-state index contributed by atoms with van der Waals surface area (Å²) in [5.74, 6) is -1.80. The lowest BCUT2D eigenvalue weighted by Gasteiger charge is -2.41. The minimum absolute atomic E-state index is 0.221. The van der Waals surface area contributed by atoms with Crippen LogP contribution in [0.5, 0.6) is 0 Å². The average Bonchev–Trinajstić information content (AvgIpc) is 2.50. The normalized spacial score (nSPS) is 26.4. The number of hydrogen-bond donors (Lipinski definition) is 3. The Labute approximate surface area is 121 Å². The van der Waals surface area contributed by atoms with Crippen molar-refractivity contribution in [3.05, 3.63) is 0 Å². The molecule has 1 unspecified atom stereocenters. The van der Waals surface area contributed by atoms with Crippen LogP contribution in [0.2, 0.25) is 0 Å². The lowest BCUT2D eigenvalue weighted by molar-refractivity contribution is -0.155. The Morgan fingerprint density at radius 2 is 2.10 bits per heavy atom. The van der Waals surface area contributed by atoms with Crippen LogP contribution in [0.15, 0.2) is 5.16 Å². The molecular weight excluding hydrogens is 280 g/mol. The van der Waals surface area contributed by atoms with Gasteiger partial charge in [0.05, 0.1) is 0 Å². The Kier molecular flexibility index (Phi) is 4.12. The Morgan fingerprint density at radius 3 is 2.67 bits per heavy atom. The van der Waals surface area contributed by atoms with E-state index in [1.54, 1.807) is 0 Å². The van der Waals surface area contributed by atoms with E-state index in [9.17, 15) is 14.4 Å². The summed E-state index contributed by atoms with van der Waals surface area (Å²) >= 11 is 0. The SMILES string of the molecule is CC1C(=O)NC(=O)CN1C(=O)C1(C(N)=NO)CCOCC1. The van der Waals surface area contributed by atoms with Crippen molar-refractivity contribution >= 4 is 23.6 Å². The fourth-order valence-corrected chi connectivity index (χ4v) is 2.63. The van der Waals surface area contributed by atoms with E-state index in [0.717, 1.165) is 0 Å². The largest absolute Gasteiger partial charge is 0.409 e. The van der Waals surface area contributed by atoms with Crippen LogP contribution in [-0.2, 0) is 19.1 Å². The van der Waals surface area contributed by atoms with Gasteiger partial charge in [0, 0.05) is 13.2 Å². The zero-order valence-electron chi connectivity index (χ0n) is 11.7. The highest BCUT2D eigenvalue weighted by Gasteiger charge is 2.49. The van der Waals surface area contributed by atoms with Crippen LogP contribution in [0.3, 0.4) is 0 Å². The van der Waals surface area contributed by atoms with E-state index in [1.807, 2.05) is 0 Å². The van der Waals surface area contributed by atoms with E-state index in [-0.39, 0.29) is 38.4 Å². The molecule has 2 aliphatic heterocycles. The molecule has 1 atom stereocenters. The lowest BCUT2D eigenvalue weighted by Crippen LogP contribution is -2.63. The van der Waals surface area contributed by atoms with Gasteiger partial charge in [0.1, 0.15) is 18.0 Å². The zero-order chi connectivity index (χ0) is 15.6. The van der Waals surface area contributed by atoms with Gasteiger partial charge in [-0.15, -0.1) is 0 Å². The van der Waals surface area contributed by atoms with Crippen molar-refractivity contribution in [2.75, 3.05) is 19.8 Å². The number of imide groups is 1. The van der Waals surface area contributed by atoms with Crippen LogP contribution in [-0.4, -0.2) is 59.5 Å². The van der Waals surface area contributed by atoms with Crippen molar-refractivity contribution in [1.82, 2.24) is 10.2 Å². The first kappa shape index (κ1) is 15.2. The van der Waals surface area contributed by atoms with Gasteiger partial charge in [-0.1, -0.05) is 5.16 Å². The molecule has 4 N–H and O–H groups in total. The lowest BCUT2D eigenvalue weighted by atomic mass is 9.77. The van der Waals surface area contributed by atoms with Crippen molar-refractivity contribution in [1.29, 1.82) is 0 Å². The summed E-state index contributed by atoms with van der Waals surface area (Å²) in [6.45, 7) is 1.86. The van der Waals surface area contributed by atoms with Crippen molar-refractivity contribution in [2.24, 2.45) is 16.3 Å². The van der Waals surface area contributed by atoms with Crippen LogP contribution in [0.25, 0.3) is 0 Å². The molecule has 9 nitrogen and oxygen atoms in total. The summed E-state index contributed by atoms with van der Waals surface area (Å²) < 4.78 is 5.22. The number of carbonyl (C=O) groups excluding carboxylic acids is 3. The van der Waals surface area contributed by atoms with Crippen LogP contribution < -0.4 is 11.1 Å². The topological polar surface area (TPSA) is 134 Å². The van der Waals surface area contributed by atoms with Gasteiger partial charge in [0.25, 0.3) is 0 Å². The Balaban J connectivity index is 2.34. The van der Waals surface area contributed by atoms with Gasteiger partial charge in [0.2, 0.25) is 17.7 Å². The Bertz CT molecular complexity index is 498. The minimum atomic E-state index is -1.24. The number of amides is 3. The number of nitrogens with one attached hydrogen (secondary N) is 1. The van der Waals surface area contributed by atoms with Gasteiger partial charge in [-0.05, 0) is 19.8 Å². The van der Waals surface area contributed by atoms with Crippen LogP contribution in [0, 0.1) is 5.41 Å². The molecule has 0 radical (unpaired) electrons. The second-order valence-corrected chi connectivity index (χ2v) is 5.20. The third kappa shape index (κ3) is 2.56. The highest BCUT2D eigenvalue weighted by Crippen LogP contribution is 2.34. The highest BCUT2D eigenvalue weighted by molar-refractivity contribution is 6.11. The monoisotopic (exact) mass is 298 g/mol. The van der Waals surface area contributed by atoms with Crippen molar-refractivity contribution in [3.8, 4) is 0 Å². The van der Waals surface area contributed by atoms with Crippen molar-refractivity contribution in [3.63, 3.8) is 0 Å². The predicted molar refractivity (Wildman–Crippen MR) is 70.2 cm³/mol. The van der Waals surface area contributed by atoms with Gasteiger partial charge in [0.15, 0.2) is 5.84 Å². The van der Waals surface area contributed by atoms with Gasteiger partial charge >= 0.3 is 0 Å². The summed E-state index contributed by atoms with van der Waals surface area (Å²) in [6, 6.07) is -0.790. The van der Waals surface area contributed by atoms with Crippen molar-refractivity contribution < 1.29 is 24.3 Å². The number of rotatable bonds is 2. The van der Waals surface area contributed by atoms with E-state index in [4.69, 9.17) is 15.7 Å². The molecule has 0 spiro atoms. The van der Waals surface area contributed by atoms with Gasteiger partial charge in [-0.3, -0.25) is 19.7 Å². The standard InChI is InChI=1S/C12H18N4O5/c1-7-9(18)14-8(17)6-16(7)11(19)12(10(13)15-20)2-4-21-5-3-12/h7,20H,2-6H2,1H3,(H2,13,15)(H,14,17,18). The molecule has 3 amide bonds. The van der Waals surface area contributed by atoms with Crippen LogP contribution in [0.1, 0.15) is 19.8 Å². The number of oxime groups is 1. The molecular formula is C12H18N4O5. The highest BCUT2D eigenvalue weighted by atomic mass is 16.5. The maximum Gasteiger partial charge on any atom is 0.249 e. The summed E-state index contributed by atoms with van der Waals surface area (Å²) in [6.07, 6.45) is 0.474. The fourth-order valence-electron chi connectivity index (χ4n) is 2.63. The third-order valence-corrected chi connectivity index (χ3v) is 4.04. The zero-order valence-corrected chi connectivity index (χ0v) is 11.7. The van der Waals surface area contributed by atoms with Gasteiger partial charge in [-0.25, -0.2) is 0 Å². The first-order valence-electron chi connectivity index (χ1n) is 6.63. The Hall–Kier alpha value is -2.16. The first-order chi connectivity index (χ1) is 9.92. The molecule has 2 aliphatic rings. The summed E-state index contributed by atoms with van der Waals surface area (Å²) in [5.41, 5.74) is 4.48. The molecule has 2 rings (SSSR count). The smallest absolute Gasteiger partial charge is 0.249 e. The molecule has 0 aromatic rings. The maximum absolute atomic E-state index is 12.8. The van der Waals surface area contributed by atoms with E-state index >= 15 is 0 Å². The number of hydrogen-bond acceptors (Lipinski definition) is 6. The number of nitrogens with two attached hydrogens (primary N) is 1. The molecule has 0 saturated carbocycles. The first-order valence-corrected chi connectivity index (χ1v) is 6.63. The van der Waals surface area contributed by atoms with E-state index in [1.165, 1.54) is 11.8 Å². The number of nitrogens with zero attached hydrogens (tertiary/aromatic N) is 2. The molecule has 21 heavy (non-hydrogen) atoms. The summed E-state index contributed by atoms with van der Waals surface area (Å²) in [5, 5.41) is 14.1. The molecule has 9 heteroatoms. The second kappa shape index (κ2) is 5.68. The molecule has 0 bridgehead atoms. The Morgan fingerprint density at radius 1 is 1.48 bits per heavy atom. The molecule has 116 valence electrons. The van der Waals surface area contributed by atoms with Crippen LogP contribution in [0.4, 0.5) is 0 Å². The maximum atomic E-state index is 12.8. The summed E-state index contributed by atoms with van der Waals surface area (Å²) in [7, 11) is 0. The quantitative estimate of drug-likeness (QED) is 0.185. The summed E-state index contributed by atoms with van der Waals surface area (Å²) in [4.78, 5) is 37.2. The third-order valence-electron chi connectivity index (χ3n) is 4.04. The van der Waals surface area contributed by atoms with E-state index < -0.39 is 29.2 Å². The molecule has 2 fully saturated rings. The van der Waals surface area contributed by atoms with E-state index in [2.05, 4.69) is 10.5 Å². The predicted octanol–water partition coefficient (Wildman–Crippen LogP) is -1.60. The second-order valence-electron chi connectivity index (χ2n) is 5.20. The minimum Gasteiger partial charge on any atom is -0.409 e. The molecule has 2 heterocycles. The number of piperazine rings is 1. The van der Waals surface area contributed by atoms with Gasteiger partial charge < -0.3 is 20.6 Å². The van der Waals surface area contributed by atoms with Crippen LogP contribution >= 0.6 is 0 Å². The average molecular weight is 298 g/mol. The fraction of sp³-hybridized carbons (Fsp3) is 0.667. The number of carbonyl (C=O) groups is 3.